The van der Waals surface area contributed by atoms with E-state index in [0.29, 0.717) is 5.75 Å². The van der Waals surface area contributed by atoms with Crippen molar-refractivity contribution in [1.29, 1.82) is 0 Å². The SMILES string of the molecule is C=CCOC(=O)N1CCN(C(C)(C)C(=O)NCC(=O)c2cncc(OC)c2)C[C@H]1C(=O)NCC(F)(F)F. The van der Waals surface area contributed by atoms with Crippen LogP contribution in [0.1, 0.15) is 24.2 Å². The molecule has 3 amide bonds. The Bertz CT molecular complexity index is 1020. The predicted molar refractivity (Wildman–Crippen MR) is 125 cm³/mol. The van der Waals surface area contributed by atoms with Gasteiger partial charge in [-0.1, -0.05) is 12.7 Å². The zero-order valence-corrected chi connectivity index (χ0v) is 20.8. The van der Waals surface area contributed by atoms with Gasteiger partial charge in [0.05, 0.1) is 25.4 Å². The highest BCUT2D eigenvalue weighted by Gasteiger charge is 2.44. The maximum atomic E-state index is 13.0. The van der Waals surface area contributed by atoms with Crippen LogP contribution in [0.5, 0.6) is 5.75 Å². The molecule has 1 aliphatic heterocycles. The number of carbonyl (C=O) groups is 4. The van der Waals surface area contributed by atoms with E-state index >= 15 is 0 Å². The summed E-state index contributed by atoms with van der Waals surface area (Å²) in [5.74, 6) is -1.66. The Morgan fingerprint density at radius 1 is 1.19 bits per heavy atom. The molecule has 1 aromatic rings. The molecule has 0 radical (unpaired) electrons. The van der Waals surface area contributed by atoms with E-state index in [4.69, 9.17) is 9.47 Å². The molecule has 0 unspecified atom stereocenters. The summed E-state index contributed by atoms with van der Waals surface area (Å²) in [6, 6.07) is 0.117. The van der Waals surface area contributed by atoms with Crippen LogP contribution < -0.4 is 15.4 Å². The van der Waals surface area contributed by atoms with Gasteiger partial charge < -0.3 is 20.1 Å². The molecule has 0 spiro atoms. The van der Waals surface area contributed by atoms with Gasteiger partial charge in [0.2, 0.25) is 11.8 Å². The molecule has 11 nitrogen and oxygen atoms in total. The largest absolute Gasteiger partial charge is 0.495 e. The highest BCUT2D eigenvalue weighted by atomic mass is 19.4. The summed E-state index contributed by atoms with van der Waals surface area (Å²) < 4.78 is 48.0. The molecular formula is C23H30F3N5O6. The molecule has 2 N–H and O–H groups in total. The summed E-state index contributed by atoms with van der Waals surface area (Å²) in [6.07, 6.45) is -1.49. The molecule has 0 saturated carbocycles. The number of nitrogens with one attached hydrogen (secondary N) is 2. The van der Waals surface area contributed by atoms with Gasteiger partial charge in [-0.15, -0.1) is 0 Å². The minimum Gasteiger partial charge on any atom is -0.495 e. The van der Waals surface area contributed by atoms with Crippen LogP contribution in [-0.2, 0) is 14.3 Å². The molecule has 204 valence electrons. The number of carbonyl (C=O) groups excluding carboxylic acids is 4. The second kappa shape index (κ2) is 12.5. The van der Waals surface area contributed by atoms with Gasteiger partial charge in [0.25, 0.3) is 0 Å². The lowest BCUT2D eigenvalue weighted by Crippen LogP contribution is -2.67. The first-order valence-corrected chi connectivity index (χ1v) is 11.2. The monoisotopic (exact) mass is 529 g/mol. The minimum atomic E-state index is -4.65. The average molecular weight is 530 g/mol. The Hall–Kier alpha value is -3.68. The highest BCUT2D eigenvalue weighted by Crippen LogP contribution is 2.22. The number of pyridine rings is 1. The fourth-order valence-electron chi connectivity index (χ4n) is 3.56. The zero-order chi connectivity index (χ0) is 27.8. The van der Waals surface area contributed by atoms with Crippen LogP contribution in [0.2, 0.25) is 0 Å². The number of halogens is 3. The van der Waals surface area contributed by atoms with Gasteiger partial charge >= 0.3 is 12.3 Å². The van der Waals surface area contributed by atoms with E-state index in [1.54, 1.807) is 10.2 Å². The smallest absolute Gasteiger partial charge is 0.410 e. The number of hydrogen-bond acceptors (Lipinski definition) is 8. The summed E-state index contributed by atoms with van der Waals surface area (Å²) in [7, 11) is 1.42. The number of Topliss-reactive ketones (excluding diaryl/α,β-unsaturated/α-hetero) is 1. The van der Waals surface area contributed by atoms with Gasteiger partial charge in [-0.2, -0.15) is 13.2 Å². The number of nitrogens with zero attached hydrogens (tertiary/aromatic N) is 3. The third-order valence-corrected chi connectivity index (χ3v) is 5.73. The van der Waals surface area contributed by atoms with Crippen molar-refractivity contribution in [2.24, 2.45) is 0 Å². The molecule has 0 aliphatic carbocycles. The van der Waals surface area contributed by atoms with E-state index in [2.05, 4.69) is 16.9 Å². The third kappa shape index (κ3) is 8.17. The molecule has 1 saturated heterocycles. The van der Waals surface area contributed by atoms with E-state index in [1.165, 1.54) is 45.5 Å². The van der Waals surface area contributed by atoms with Crippen molar-refractivity contribution in [2.75, 3.05) is 46.4 Å². The highest BCUT2D eigenvalue weighted by molar-refractivity contribution is 6.00. The fourth-order valence-corrected chi connectivity index (χ4v) is 3.56. The van der Waals surface area contributed by atoms with E-state index in [1.807, 2.05) is 0 Å². The first kappa shape index (κ1) is 29.5. The summed E-state index contributed by atoms with van der Waals surface area (Å²) in [5, 5.41) is 4.32. The summed E-state index contributed by atoms with van der Waals surface area (Å²) >= 11 is 0. The fraction of sp³-hybridized carbons (Fsp3) is 0.522. The van der Waals surface area contributed by atoms with Crippen molar-refractivity contribution in [1.82, 2.24) is 25.4 Å². The number of piperazine rings is 1. The first-order valence-electron chi connectivity index (χ1n) is 11.2. The molecule has 2 heterocycles. The van der Waals surface area contributed by atoms with Crippen molar-refractivity contribution in [3.8, 4) is 5.75 Å². The van der Waals surface area contributed by atoms with Crippen molar-refractivity contribution in [2.45, 2.75) is 31.6 Å². The Balaban J connectivity index is 2.11. The first-order chi connectivity index (χ1) is 17.3. The number of ketones is 1. The molecular weight excluding hydrogens is 499 g/mol. The maximum absolute atomic E-state index is 13.0. The van der Waals surface area contributed by atoms with Crippen LogP contribution in [0.3, 0.4) is 0 Å². The lowest BCUT2D eigenvalue weighted by molar-refractivity contribution is -0.145. The van der Waals surface area contributed by atoms with Crippen LogP contribution in [0.4, 0.5) is 18.0 Å². The van der Waals surface area contributed by atoms with Crippen LogP contribution in [0.25, 0.3) is 0 Å². The quantitative estimate of drug-likeness (QED) is 0.341. The van der Waals surface area contributed by atoms with Crippen LogP contribution in [0, 0.1) is 0 Å². The van der Waals surface area contributed by atoms with Crippen LogP contribution in [0.15, 0.2) is 31.1 Å². The minimum absolute atomic E-state index is 0.0921. The van der Waals surface area contributed by atoms with Gasteiger partial charge in [0, 0.05) is 31.4 Å². The number of aromatic nitrogens is 1. The van der Waals surface area contributed by atoms with E-state index in [0.717, 1.165) is 4.90 Å². The number of hydrogen-bond donors (Lipinski definition) is 2. The summed E-state index contributed by atoms with van der Waals surface area (Å²) in [6.45, 7) is 4.19. The standard InChI is InChI=1S/C23H30F3N5O6/c1-5-8-37-21(35)31-7-6-30(13-17(31)19(33)29-14-23(24,25)26)22(2,3)20(34)28-12-18(32)15-9-16(36-4)11-27-10-15/h5,9-11,17H,1,6-8,12-14H2,2-4H3,(H,28,34)(H,29,33)/t17-/m0/s1. The number of amides is 3. The van der Waals surface area contributed by atoms with Crippen molar-refractivity contribution < 1.29 is 41.8 Å². The lowest BCUT2D eigenvalue weighted by Gasteiger charge is -2.45. The molecule has 1 aromatic heterocycles. The maximum Gasteiger partial charge on any atom is 0.410 e. The zero-order valence-electron chi connectivity index (χ0n) is 20.8. The number of rotatable bonds is 10. The molecule has 37 heavy (non-hydrogen) atoms. The van der Waals surface area contributed by atoms with Gasteiger partial charge in [0.15, 0.2) is 5.78 Å². The topological polar surface area (TPSA) is 130 Å². The Morgan fingerprint density at radius 3 is 2.51 bits per heavy atom. The molecule has 0 bridgehead atoms. The van der Waals surface area contributed by atoms with E-state index < -0.39 is 48.0 Å². The second-order valence-electron chi connectivity index (χ2n) is 8.63. The Kier molecular flexibility index (Phi) is 10.00. The predicted octanol–water partition coefficient (Wildman–Crippen LogP) is 1.16. The Morgan fingerprint density at radius 2 is 1.89 bits per heavy atom. The normalized spacial score (nSPS) is 16.5. The molecule has 14 heteroatoms. The van der Waals surface area contributed by atoms with Gasteiger partial charge in [0.1, 0.15) is 24.9 Å². The summed E-state index contributed by atoms with van der Waals surface area (Å²) in [5.41, 5.74) is -1.06. The van der Waals surface area contributed by atoms with E-state index in [-0.39, 0.29) is 38.3 Å². The van der Waals surface area contributed by atoms with Crippen molar-refractivity contribution in [3.05, 3.63) is 36.7 Å². The van der Waals surface area contributed by atoms with Crippen molar-refractivity contribution in [3.63, 3.8) is 0 Å². The average Bonchev–Trinajstić information content (AvgIpc) is 2.87. The molecule has 2 rings (SSSR count). The van der Waals surface area contributed by atoms with Gasteiger partial charge in [-0.3, -0.25) is 29.2 Å². The molecule has 0 aromatic carbocycles. The molecule has 1 aliphatic rings. The lowest BCUT2D eigenvalue weighted by atomic mass is 9.97. The Labute approximate surface area is 212 Å². The van der Waals surface area contributed by atoms with Crippen LogP contribution >= 0.6 is 0 Å². The number of ether oxygens (including phenoxy) is 2. The second-order valence-corrected chi connectivity index (χ2v) is 8.63. The molecule has 1 atom stereocenters. The van der Waals surface area contributed by atoms with Gasteiger partial charge in [-0.05, 0) is 19.9 Å². The van der Waals surface area contributed by atoms with E-state index in [9.17, 15) is 32.3 Å². The number of alkyl halides is 3. The number of methoxy groups -OCH3 is 1. The van der Waals surface area contributed by atoms with Gasteiger partial charge in [-0.25, -0.2) is 4.79 Å². The molecule has 1 fully saturated rings. The van der Waals surface area contributed by atoms with Crippen LogP contribution in [-0.4, -0.2) is 103 Å². The van der Waals surface area contributed by atoms with Crippen molar-refractivity contribution >= 4 is 23.7 Å². The summed E-state index contributed by atoms with van der Waals surface area (Å²) in [4.78, 5) is 57.0. The third-order valence-electron chi connectivity index (χ3n) is 5.73.